The minimum absolute atomic E-state index is 0.00602. The van der Waals surface area contributed by atoms with Gasteiger partial charge in [0.1, 0.15) is 5.82 Å². The van der Waals surface area contributed by atoms with Crippen LogP contribution >= 0.6 is 11.6 Å². The summed E-state index contributed by atoms with van der Waals surface area (Å²) in [6.45, 7) is 8.03. The molecule has 0 aliphatic carbocycles. The number of hydrogen-bond donors (Lipinski definition) is 1. The van der Waals surface area contributed by atoms with Crippen molar-refractivity contribution in [3.63, 3.8) is 0 Å². The van der Waals surface area contributed by atoms with Gasteiger partial charge in [-0.2, -0.15) is 0 Å². The van der Waals surface area contributed by atoms with Crippen LogP contribution in [0.2, 0.25) is 5.02 Å². The molecule has 1 atom stereocenters. The molecule has 0 saturated carbocycles. The van der Waals surface area contributed by atoms with E-state index in [0.717, 1.165) is 22.4 Å². The predicted octanol–water partition coefficient (Wildman–Crippen LogP) is 6.23. The fraction of sp³-hybridized carbons (Fsp3) is 0.310. The molecule has 0 spiro atoms. The van der Waals surface area contributed by atoms with Crippen LogP contribution in [-0.2, 0) is 6.54 Å². The Morgan fingerprint density at radius 2 is 1.77 bits per heavy atom. The lowest BCUT2D eigenvalue weighted by molar-refractivity contribution is 0.0605. The number of nitrogens with zero attached hydrogens (tertiary/aromatic N) is 3. The molecule has 6 heteroatoms. The van der Waals surface area contributed by atoms with Crippen LogP contribution in [0.4, 0.5) is 0 Å². The Hall–Kier alpha value is -3.15. The highest BCUT2D eigenvalue weighted by molar-refractivity contribution is 6.31. The minimum Gasteiger partial charge on any atom is -0.330 e. The van der Waals surface area contributed by atoms with E-state index < -0.39 is 0 Å². The van der Waals surface area contributed by atoms with Gasteiger partial charge in [0, 0.05) is 23.7 Å². The maximum absolute atomic E-state index is 13.8. The number of benzene rings is 3. The second kappa shape index (κ2) is 11.1. The Morgan fingerprint density at radius 1 is 1.06 bits per heavy atom. The highest BCUT2D eigenvalue weighted by atomic mass is 35.5. The maximum atomic E-state index is 13.8. The van der Waals surface area contributed by atoms with Gasteiger partial charge in [-0.1, -0.05) is 73.5 Å². The van der Waals surface area contributed by atoms with Crippen molar-refractivity contribution in [2.45, 2.75) is 39.8 Å². The number of nitrogens with two attached hydrogens (primary N) is 1. The minimum atomic E-state index is -0.231. The lowest BCUT2D eigenvalue weighted by Crippen LogP contribution is -2.40. The van der Waals surface area contributed by atoms with E-state index >= 15 is 0 Å². The van der Waals surface area contributed by atoms with Gasteiger partial charge in [0.05, 0.1) is 17.1 Å². The van der Waals surface area contributed by atoms with Crippen molar-refractivity contribution in [1.29, 1.82) is 0 Å². The van der Waals surface area contributed by atoms with Crippen LogP contribution in [0, 0.1) is 12.8 Å². The Kier molecular flexibility index (Phi) is 7.89. The largest absolute Gasteiger partial charge is 0.330 e. The number of fused-ring (bicyclic) bond motifs is 1. The number of hydrogen-bond acceptors (Lipinski definition) is 3. The quantitative estimate of drug-likeness (QED) is 0.303. The fourth-order valence-corrected chi connectivity index (χ4v) is 4.73. The number of carbonyl (C=O) groups is 1. The fourth-order valence-electron chi connectivity index (χ4n) is 4.57. The van der Waals surface area contributed by atoms with E-state index in [1.807, 2.05) is 72.5 Å². The summed E-state index contributed by atoms with van der Waals surface area (Å²) in [6.07, 6.45) is 0.714. The standard InChI is InChI=1S/C29H33ClN4O/c1-20(2)27(33(17-7-16-31)29(35)23-12-10-21(3)11-13-23)28-32-25-18-24(30)14-15-26(25)34(28)19-22-8-5-4-6-9-22/h4-6,8-15,18,20,27H,7,16-17,19,31H2,1-3H3. The predicted molar refractivity (Wildman–Crippen MR) is 144 cm³/mol. The van der Waals surface area contributed by atoms with Crippen LogP contribution in [0.15, 0.2) is 72.8 Å². The molecule has 3 aromatic carbocycles. The third-order valence-electron chi connectivity index (χ3n) is 6.32. The Morgan fingerprint density at radius 3 is 2.43 bits per heavy atom. The van der Waals surface area contributed by atoms with Crippen molar-refractivity contribution in [2.24, 2.45) is 11.7 Å². The monoisotopic (exact) mass is 488 g/mol. The summed E-state index contributed by atoms with van der Waals surface area (Å²) in [5.41, 5.74) is 10.7. The van der Waals surface area contributed by atoms with E-state index in [1.165, 1.54) is 5.56 Å². The number of carbonyl (C=O) groups excluding carboxylic acids is 1. The first-order valence-electron chi connectivity index (χ1n) is 12.2. The van der Waals surface area contributed by atoms with E-state index in [4.69, 9.17) is 22.3 Å². The average molecular weight is 489 g/mol. The number of aromatic nitrogens is 2. The number of imidazole rings is 1. The molecule has 1 amide bonds. The molecular formula is C29H33ClN4O. The second-order valence-electron chi connectivity index (χ2n) is 9.37. The summed E-state index contributed by atoms with van der Waals surface area (Å²) in [6, 6.07) is 23.6. The topological polar surface area (TPSA) is 64.2 Å². The normalized spacial score (nSPS) is 12.3. The molecule has 182 valence electrons. The van der Waals surface area contributed by atoms with Gasteiger partial charge in [0.15, 0.2) is 0 Å². The molecule has 0 fully saturated rings. The molecule has 0 aliphatic rings. The molecule has 4 aromatic rings. The zero-order valence-electron chi connectivity index (χ0n) is 20.6. The van der Waals surface area contributed by atoms with Crippen molar-refractivity contribution in [3.8, 4) is 0 Å². The van der Waals surface area contributed by atoms with Crippen molar-refractivity contribution < 1.29 is 4.79 Å². The third-order valence-corrected chi connectivity index (χ3v) is 6.55. The van der Waals surface area contributed by atoms with Crippen molar-refractivity contribution >= 4 is 28.5 Å². The van der Waals surface area contributed by atoms with Crippen molar-refractivity contribution in [2.75, 3.05) is 13.1 Å². The van der Waals surface area contributed by atoms with Gasteiger partial charge in [-0.05, 0) is 61.7 Å². The van der Waals surface area contributed by atoms with Crippen LogP contribution in [-0.4, -0.2) is 33.4 Å². The molecule has 1 aromatic heterocycles. The van der Waals surface area contributed by atoms with Crippen LogP contribution in [0.3, 0.4) is 0 Å². The zero-order valence-corrected chi connectivity index (χ0v) is 21.4. The van der Waals surface area contributed by atoms with Gasteiger partial charge in [0.25, 0.3) is 5.91 Å². The van der Waals surface area contributed by atoms with Gasteiger partial charge in [0.2, 0.25) is 0 Å². The summed E-state index contributed by atoms with van der Waals surface area (Å²) in [7, 11) is 0. The first kappa shape index (κ1) is 25.0. The van der Waals surface area contributed by atoms with E-state index in [0.29, 0.717) is 36.6 Å². The summed E-state index contributed by atoms with van der Waals surface area (Å²) in [5.74, 6) is 0.982. The highest BCUT2D eigenvalue weighted by Crippen LogP contribution is 2.33. The van der Waals surface area contributed by atoms with Crippen LogP contribution in [0.1, 0.15) is 53.6 Å². The molecule has 0 bridgehead atoms. The zero-order chi connectivity index (χ0) is 24.9. The Bertz CT molecular complexity index is 1280. The number of rotatable bonds is 9. The number of halogens is 1. The summed E-state index contributed by atoms with van der Waals surface area (Å²) >= 11 is 6.33. The van der Waals surface area contributed by atoms with E-state index in [2.05, 4.69) is 30.5 Å². The van der Waals surface area contributed by atoms with E-state index in [1.54, 1.807) is 0 Å². The lowest BCUT2D eigenvalue weighted by atomic mass is 9.99. The summed E-state index contributed by atoms with van der Waals surface area (Å²) < 4.78 is 2.23. The van der Waals surface area contributed by atoms with Crippen molar-refractivity contribution in [1.82, 2.24) is 14.5 Å². The second-order valence-corrected chi connectivity index (χ2v) is 9.81. The van der Waals surface area contributed by atoms with Gasteiger partial charge >= 0.3 is 0 Å². The Balaban J connectivity index is 1.85. The average Bonchev–Trinajstić information content (AvgIpc) is 3.18. The van der Waals surface area contributed by atoms with Crippen LogP contribution in [0.5, 0.6) is 0 Å². The van der Waals surface area contributed by atoms with Gasteiger partial charge in [-0.3, -0.25) is 4.79 Å². The van der Waals surface area contributed by atoms with Crippen molar-refractivity contribution in [3.05, 3.63) is 100 Å². The molecule has 35 heavy (non-hydrogen) atoms. The summed E-state index contributed by atoms with van der Waals surface area (Å²) in [4.78, 5) is 20.9. The van der Waals surface area contributed by atoms with Gasteiger partial charge in [-0.15, -0.1) is 0 Å². The van der Waals surface area contributed by atoms with E-state index in [-0.39, 0.29) is 17.9 Å². The smallest absolute Gasteiger partial charge is 0.254 e. The first-order valence-corrected chi connectivity index (χ1v) is 12.5. The van der Waals surface area contributed by atoms with Gasteiger partial charge in [-0.25, -0.2) is 4.98 Å². The number of amides is 1. The Labute approximate surface area is 212 Å². The molecule has 0 radical (unpaired) electrons. The molecule has 1 unspecified atom stereocenters. The molecular weight excluding hydrogens is 456 g/mol. The molecule has 0 saturated heterocycles. The third kappa shape index (κ3) is 5.58. The van der Waals surface area contributed by atoms with Crippen LogP contribution < -0.4 is 5.73 Å². The number of aryl methyl sites for hydroxylation is 1. The first-order chi connectivity index (χ1) is 16.9. The lowest BCUT2D eigenvalue weighted by Gasteiger charge is -2.34. The molecule has 4 rings (SSSR count). The summed E-state index contributed by atoms with van der Waals surface area (Å²) in [5, 5.41) is 0.644. The highest BCUT2D eigenvalue weighted by Gasteiger charge is 2.32. The van der Waals surface area contributed by atoms with E-state index in [9.17, 15) is 4.79 Å². The maximum Gasteiger partial charge on any atom is 0.254 e. The molecule has 1 heterocycles. The molecule has 2 N–H and O–H groups in total. The molecule has 0 aliphatic heterocycles. The van der Waals surface area contributed by atoms with Crippen LogP contribution in [0.25, 0.3) is 11.0 Å². The molecule has 5 nitrogen and oxygen atoms in total. The SMILES string of the molecule is Cc1ccc(C(=O)N(CCCN)C(c2nc3cc(Cl)ccc3n2Cc2ccccc2)C(C)C)cc1. The van der Waals surface area contributed by atoms with Gasteiger partial charge < -0.3 is 15.2 Å².